The molecule has 1 N–H and O–H groups in total. The first-order valence-corrected chi connectivity index (χ1v) is 6.91. The number of benzene rings is 2. The highest BCUT2D eigenvalue weighted by atomic mass is 19.2. The highest BCUT2D eigenvalue weighted by Crippen LogP contribution is 2.19. The van der Waals surface area contributed by atoms with Gasteiger partial charge in [0.1, 0.15) is 0 Å². The first-order chi connectivity index (χ1) is 10.1. The van der Waals surface area contributed by atoms with Crippen molar-refractivity contribution in [1.29, 1.82) is 0 Å². The maximum absolute atomic E-state index is 13.6. The summed E-state index contributed by atoms with van der Waals surface area (Å²) in [5.74, 6) is -1.96. The van der Waals surface area contributed by atoms with E-state index < -0.39 is 11.6 Å². The second-order valence-electron chi connectivity index (χ2n) is 5.26. The smallest absolute Gasteiger partial charge is 0.162 e. The lowest BCUT2D eigenvalue weighted by Gasteiger charge is -2.25. The minimum atomic E-state index is -0.929. The van der Waals surface area contributed by atoms with E-state index in [0.717, 1.165) is 11.6 Å². The zero-order valence-electron chi connectivity index (χ0n) is 11.4. The Labute approximate surface area is 121 Å². The van der Waals surface area contributed by atoms with Crippen LogP contribution in [0.5, 0.6) is 0 Å². The molecule has 2 aromatic carbocycles. The van der Waals surface area contributed by atoms with Gasteiger partial charge in [-0.2, -0.15) is 0 Å². The van der Waals surface area contributed by atoms with Gasteiger partial charge < -0.3 is 5.32 Å². The molecule has 1 heterocycles. The third kappa shape index (κ3) is 2.85. The third-order valence-corrected chi connectivity index (χ3v) is 3.87. The van der Waals surface area contributed by atoms with Gasteiger partial charge in [0.2, 0.25) is 0 Å². The van der Waals surface area contributed by atoms with Crippen molar-refractivity contribution in [3.63, 3.8) is 0 Å². The van der Waals surface area contributed by atoms with Gasteiger partial charge in [-0.3, -0.25) is 4.79 Å². The number of carbonyl (C=O) groups excluding carboxylic acids is 1. The number of hydrogen-bond acceptors (Lipinski definition) is 2. The lowest BCUT2D eigenvalue weighted by Crippen LogP contribution is -2.42. The summed E-state index contributed by atoms with van der Waals surface area (Å²) in [6.45, 7) is 0.623. The molecule has 0 aromatic heterocycles. The van der Waals surface area contributed by atoms with Crippen LogP contribution in [0.1, 0.15) is 16.7 Å². The van der Waals surface area contributed by atoms with Crippen molar-refractivity contribution in [2.24, 2.45) is 0 Å². The SMILES string of the molecule is O=C(Cc1cccc(F)c1F)C1Cc2ccccc2CN1. The van der Waals surface area contributed by atoms with E-state index in [4.69, 9.17) is 0 Å². The van der Waals surface area contributed by atoms with Crippen LogP contribution < -0.4 is 5.32 Å². The maximum atomic E-state index is 13.6. The molecule has 4 heteroatoms. The molecular formula is C17H15F2NO. The van der Waals surface area contributed by atoms with Gasteiger partial charge in [0, 0.05) is 13.0 Å². The molecule has 0 radical (unpaired) electrons. The summed E-state index contributed by atoms with van der Waals surface area (Å²) < 4.78 is 26.8. The van der Waals surface area contributed by atoms with Crippen LogP contribution in [0.25, 0.3) is 0 Å². The number of fused-ring (bicyclic) bond motifs is 1. The van der Waals surface area contributed by atoms with Crippen LogP contribution in [0.4, 0.5) is 8.78 Å². The van der Waals surface area contributed by atoms with Crippen molar-refractivity contribution in [1.82, 2.24) is 5.32 Å². The van der Waals surface area contributed by atoms with E-state index in [1.807, 2.05) is 24.3 Å². The molecule has 2 aromatic rings. The average Bonchev–Trinajstić information content (AvgIpc) is 2.51. The fourth-order valence-corrected chi connectivity index (χ4v) is 2.68. The van der Waals surface area contributed by atoms with Gasteiger partial charge in [-0.05, 0) is 29.2 Å². The van der Waals surface area contributed by atoms with Gasteiger partial charge in [-0.1, -0.05) is 36.4 Å². The monoisotopic (exact) mass is 287 g/mol. The van der Waals surface area contributed by atoms with Crippen molar-refractivity contribution in [2.45, 2.75) is 25.4 Å². The number of rotatable bonds is 3. The highest BCUT2D eigenvalue weighted by Gasteiger charge is 2.24. The number of ketones is 1. The zero-order valence-corrected chi connectivity index (χ0v) is 11.4. The van der Waals surface area contributed by atoms with Gasteiger partial charge in [0.25, 0.3) is 0 Å². The van der Waals surface area contributed by atoms with Gasteiger partial charge >= 0.3 is 0 Å². The number of hydrogen-bond donors (Lipinski definition) is 1. The lowest BCUT2D eigenvalue weighted by molar-refractivity contribution is -0.120. The van der Waals surface area contributed by atoms with E-state index in [1.54, 1.807) is 0 Å². The summed E-state index contributed by atoms with van der Waals surface area (Å²) in [4.78, 5) is 12.3. The Morgan fingerprint density at radius 1 is 1.10 bits per heavy atom. The Hall–Kier alpha value is -2.07. The molecular weight excluding hydrogens is 272 g/mol. The van der Waals surface area contributed by atoms with E-state index >= 15 is 0 Å². The Morgan fingerprint density at radius 3 is 2.67 bits per heavy atom. The van der Waals surface area contributed by atoms with Crippen LogP contribution in [-0.2, 0) is 24.2 Å². The molecule has 21 heavy (non-hydrogen) atoms. The van der Waals surface area contributed by atoms with Crippen molar-refractivity contribution in [2.75, 3.05) is 0 Å². The summed E-state index contributed by atoms with van der Waals surface area (Å²) in [6, 6.07) is 11.5. The van der Waals surface area contributed by atoms with Gasteiger partial charge in [-0.15, -0.1) is 0 Å². The lowest BCUT2D eigenvalue weighted by atomic mass is 9.91. The molecule has 1 aliphatic heterocycles. The fraction of sp³-hybridized carbons (Fsp3) is 0.235. The first kappa shape index (κ1) is 13.9. The number of Topliss-reactive ketones (excluding diaryl/α,β-unsaturated/α-hetero) is 1. The quantitative estimate of drug-likeness (QED) is 0.940. The first-order valence-electron chi connectivity index (χ1n) is 6.91. The van der Waals surface area contributed by atoms with Crippen molar-refractivity contribution in [3.05, 3.63) is 70.8 Å². The second-order valence-corrected chi connectivity index (χ2v) is 5.26. The summed E-state index contributed by atoms with van der Waals surface area (Å²) in [7, 11) is 0. The van der Waals surface area contributed by atoms with E-state index in [-0.39, 0.29) is 23.8 Å². The summed E-state index contributed by atoms with van der Waals surface area (Å²) in [6.07, 6.45) is 0.495. The van der Waals surface area contributed by atoms with E-state index in [2.05, 4.69) is 5.32 Å². The molecule has 0 fully saturated rings. The van der Waals surface area contributed by atoms with Crippen LogP contribution in [-0.4, -0.2) is 11.8 Å². The Morgan fingerprint density at radius 2 is 1.86 bits per heavy atom. The molecule has 1 aliphatic rings. The van der Waals surface area contributed by atoms with Crippen LogP contribution in [0, 0.1) is 11.6 Å². The molecule has 0 spiro atoms. The topological polar surface area (TPSA) is 29.1 Å². The molecule has 0 aliphatic carbocycles. The third-order valence-electron chi connectivity index (χ3n) is 3.87. The molecule has 1 atom stereocenters. The summed E-state index contributed by atoms with van der Waals surface area (Å²) in [5.41, 5.74) is 2.42. The predicted molar refractivity (Wildman–Crippen MR) is 75.8 cm³/mol. The Balaban J connectivity index is 1.74. The molecule has 1 unspecified atom stereocenters. The molecule has 2 nitrogen and oxygen atoms in total. The van der Waals surface area contributed by atoms with E-state index in [1.165, 1.54) is 17.7 Å². The van der Waals surface area contributed by atoms with Crippen molar-refractivity contribution in [3.8, 4) is 0 Å². The minimum absolute atomic E-state index is 0.0938. The zero-order chi connectivity index (χ0) is 14.8. The van der Waals surface area contributed by atoms with E-state index in [0.29, 0.717) is 13.0 Å². The number of nitrogens with one attached hydrogen (secondary N) is 1. The van der Waals surface area contributed by atoms with Crippen molar-refractivity contribution < 1.29 is 13.6 Å². The van der Waals surface area contributed by atoms with Crippen LogP contribution in [0.2, 0.25) is 0 Å². The molecule has 0 saturated carbocycles. The van der Waals surface area contributed by atoms with Gasteiger partial charge in [0.15, 0.2) is 17.4 Å². The minimum Gasteiger partial charge on any atom is -0.303 e. The normalized spacial score (nSPS) is 17.3. The largest absolute Gasteiger partial charge is 0.303 e. The summed E-state index contributed by atoms with van der Waals surface area (Å²) in [5, 5.41) is 3.16. The Kier molecular flexibility index (Phi) is 3.80. The van der Waals surface area contributed by atoms with Gasteiger partial charge in [-0.25, -0.2) is 8.78 Å². The molecule has 0 saturated heterocycles. The highest BCUT2D eigenvalue weighted by molar-refractivity contribution is 5.86. The van der Waals surface area contributed by atoms with Crippen LogP contribution in [0.3, 0.4) is 0 Å². The van der Waals surface area contributed by atoms with Crippen LogP contribution >= 0.6 is 0 Å². The molecule has 108 valence electrons. The van der Waals surface area contributed by atoms with Gasteiger partial charge in [0.05, 0.1) is 6.04 Å². The predicted octanol–water partition coefficient (Wildman–Crippen LogP) is 2.79. The average molecular weight is 287 g/mol. The second kappa shape index (κ2) is 5.74. The Bertz CT molecular complexity index is 684. The molecule has 0 bridgehead atoms. The summed E-state index contributed by atoms with van der Waals surface area (Å²) >= 11 is 0. The van der Waals surface area contributed by atoms with Crippen molar-refractivity contribution >= 4 is 5.78 Å². The van der Waals surface area contributed by atoms with Crippen LogP contribution in [0.15, 0.2) is 42.5 Å². The molecule has 0 amide bonds. The number of carbonyl (C=O) groups is 1. The number of halogens is 2. The maximum Gasteiger partial charge on any atom is 0.162 e. The fourth-order valence-electron chi connectivity index (χ4n) is 2.68. The van der Waals surface area contributed by atoms with E-state index in [9.17, 15) is 13.6 Å². The molecule has 3 rings (SSSR count). The standard InChI is InChI=1S/C17H15F2NO/c18-14-7-3-6-12(17(14)19)9-16(21)15-8-11-4-1-2-5-13(11)10-20-15/h1-7,15,20H,8-10H2.